The Morgan fingerprint density at radius 1 is 1.03 bits per heavy atom. The molecule has 7 nitrogen and oxygen atoms in total. The fraction of sp³-hybridized carbons (Fsp3) is 0.533. The van der Waals surface area contributed by atoms with Crippen molar-refractivity contribution < 1.29 is 23.8 Å². The molecule has 200 valence electrons. The van der Waals surface area contributed by atoms with E-state index < -0.39 is 5.54 Å². The monoisotopic (exact) mass is 508 g/mol. The summed E-state index contributed by atoms with van der Waals surface area (Å²) in [6.07, 6.45) is 4.44. The molecule has 1 N–H and O–H groups in total. The Morgan fingerprint density at radius 3 is 2.14 bits per heavy atom. The predicted octanol–water partition coefficient (Wildman–Crippen LogP) is 5.94. The summed E-state index contributed by atoms with van der Waals surface area (Å²) in [6.45, 7) is 6.29. The van der Waals surface area contributed by atoms with Crippen LogP contribution in [0.1, 0.15) is 87.6 Å². The van der Waals surface area contributed by atoms with Crippen LogP contribution in [-0.4, -0.2) is 49.6 Å². The number of hydrogen-bond acceptors (Lipinski definition) is 5. The van der Waals surface area contributed by atoms with Gasteiger partial charge in [-0.15, -0.1) is 0 Å². The van der Waals surface area contributed by atoms with E-state index in [9.17, 15) is 9.59 Å². The maximum absolute atomic E-state index is 13.7. The van der Waals surface area contributed by atoms with E-state index >= 15 is 0 Å². The highest BCUT2D eigenvalue weighted by atomic mass is 16.5. The number of amides is 2. The molecule has 2 atom stereocenters. The van der Waals surface area contributed by atoms with Crippen LogP contribution in [0.15, 0.2) is 42.5 Å². The SMILES string of the molecule is COc1cc(C(C)N(CCO[C@@H](C)c2ccccc2)C(=O)NC2(C(C)=O)CCC2)cc(OC)c1C1CC1. The van der Waals surface area contributed by atoms with E-state index in [0.29, 0.717) is 31.9 Å². The third-order valence-corrected chi connectivity index (χ3v) is 7.96. The van der Waals surface area contributed by atoms with Crippen LogP contribution in [-0.2, 0) is 9.53 Å². The highest BCUT2D eigenvalue weighted by molar-refractivity contribution is 5.92. The van der Waals surface area contributed by atoms with Crippen molar-refractivity contribution in [3.63, 3.8) is 0 Å². The molecule has 0 aromatic heterocycles. The van der Waals surface area contributed by atoms with Gasteiger partial charge in [0.05, 0.1) is 38.5 Å². The molecule has 2 saturated carbocycles. The molecule has 37 heavy (non-hydrogen) atoms. The van der Waals surface area contributed by atoms with Gasteiger partial charge in [-0.05, 0) is 82.1 Å². The zero-order valence-electron chi connectivity index (χ0n) is 22.7. The standard InChI is InChI=1S/C30H40N2O5/c1-20(25-18-26(35-4)28(24-12-13-24)27(19-25)36-5)32(29(34)31-30(22(3)33)14-9-15-30)16-17-37-21(2)23-10-7-6-8-11-23/h6-8,10-11,18-21,24H,9,12-17H2,1-5H3,(H,31,34)/t20?,21-/m0/s1. The second-order valence-corrected chi connectivity index (χ2v) is 10.3. The first-order valence-electron chi connectivity index (χ1n) is 13.3. The van der Waals surface area contributed by atoms with Gasteiger partial charge in [-0.1, -0.05) is 30.3 Å². The Kier molecular flexibility index (Phi) is 8.42. The lowest BCUT2D eigenvalue weighted by Crippen LogP contribution is -2.61. The molecule has 1 unspecified atom stereocenters. The fourth-order valence-corrected chi connectivity index (χ4v) is 5.15. The number of benzene rings is 2. The number of carbonyl (C=O) groups is 2. The molecule has 0 bridgehead atoms. The summed E-state index contributed by atoms with van der Waals surface area (Å²) >= 11 is 0. The van der Waals surface area contributed by atoms with Crippen molar-refractivity contribution in [1.29, 1.82) is 0 Å². The van der Waals surface area contributed by atoms with Crippen molar-refractivity contribution in [2.24, 2.45) is 0 Å². The lowest BCUT2D eigenvalue weighted by molar-refractivity contribution is -0.126. The van der Waals surface area contributed by atoms with E-state index in [1.54, 1.807) is 26.0 Å². The zero-order chi connectivity index (χ0) is 26.6. The molecule has 2 aliphatic rings. The molecule has 2 aromatic rings. The number of hydrogen-bond donors (Lipinski definition) is 1. The topological polar surface area (TPSA) is 77.1 Å². The molecule has 2 amide bonds. The lowest BCUT2D eigenvalue weighted by atomic mass is 9.74. The molecule has 2 aliphatic carbocycles. The molecular weight excluding hydrogens is 468 g/mol. The van der Waals surface area contributed by atoms with Crippen molar-refractivity contribution in [3.05, 3.63) is 59.2 Å². The number of nitrogens with zero attached hydrogens (tertiary/aromatic N) is 1. The van der Waals surface area contributed by atoms with Gasteiger partial charge >= 0.3 is 6.03 Å². The van der Waals surface area contributed by atoms with Gasteiger partial charge in [-0.25, -0.2) is 4.79 Å². The Hall–Kier alpha value is -3.06. The number of carbonyl (C=O) groups excluding carboxylic acids is 2. The van der Waals surface area contributed by atoms with Crippen LogP contribution < -0.4 is 14.8 Å². The Bertz CT molecular complexity index is 1070. The van der Waals surface area contributed by atoms with Crippen LogP contribution in [0.3, 0.4) is 0 Å². The van der Waals surface area contributed by atoms with Crippen molar-refractivity contribution in [2.45, 2.75) is 76.5 Å². The number of Topliss-reactive ketones (excluding diaryl/α,β-unsaturated/α-hetero) is 1. The van der Waals surface area contributed by atoms with Crippen molar-refractivity contribution in [3.8, 4) is 11.5 Å². The lowest BCUT2D eigenvalue weighted by Gasteiger charge is -2.42. The van der Waals surface area contributed by atoms with Crippen molar-refractivity contribution >= 4 is 11.8 Å². The normalized spacial score (nSPS) is 17.8. The Balaban J connectivity index is 1.56. The van der Waals surface area contributed by atoms with Crippen molar-refractivity contribution in [2.75, 3.05) is 27.4 Å². The van der Waals surface area contributed by atoms with Gasteiger partial charge in [-0.3, -0.25) is 4.79 Å². The maximum atomic E-state index is 13.7. The summed E-state index contributed by atoms with van der Waals surface area (Å²) in [5.74, 6) is 2.04. The minimum Gasteiger partial charge on any atom is -0.496 e. The van der Waals surface area contributed by atoms with Crippen LogP contribution in [0.5, 0.6) is 11.5 Å². The van der Waals surface area contributed by atoms with E-state index in [2.05, 4.69) is 5.32 Å². The van der Waals surface area contributed by atoms with E-state index in [1.807, 2.05) is 56.3 Å². The fourth-order valence-electron chi connectivity index (χ4n) is 5.15. The largest absolute Gasteiger partial charge is 0.496 e. The average molecular weight is 509 g/mol. The first-order chi connectivity index (χ1) is 17.8. The van der Waals surface area contributed by atoms with Crippen LogP contribution in [0.4, 0.5) is 4.79 Å². The summed E-state index contributed by atoms with van der Waals surface area (Å²) in [4.78, 5) is 27.8. The van der Waals surface area contributed by atoms with Gasteiger partial charge in [0.25, 0.3) is 0 Å². The number of urea groups is 1. The van der Waals surface area contributed by atoms with E-state index in [4.69, 9.17) is 14.2 Å². The minimum atomic E-state index is -0.765. The third kappa shape index (κ3) is 5.93. The number of nitrogens with one attached hydrogen (secondary N) is 1. The van der Waals surface area contributed by atoms with E-state index in [1.165, 1.54) is 0 Å². The van der Waals surface area contributed by atoms with Crippen LogP contribution >= 0.6 is 0 Å². The number of ketones is 1. The summed E-state index contributed by atoms with van der Waals surface area (Å²) in [5, 5.41) is 3.07. The first-order valence-corrected chi connectivity index (χ1v) is 13.3. The van der Waals surface area contributed by atoms with Gasteiger partial charge in [0.15, 0.2) is 5.78 Å². The van der Waals surface area contributed by atoms with Gasteiger partial charge in [0.1, 0.15) is 11.5 Å². The molecule has 4 rings (SSSR count). The van der Waals surface area contributed by atoms with Crippen LogP contribution in [0.25, 0.3) is 0 Å². The molecule has 7 heteroatoms. The first kappa shape index (κ1) is 27.0. The summed E-state index contributed by atoms with van der Waals surface area (Å²) in [7, 11) is 3.34. The molecule has 2 aromatic carbocycles. The number of ether oxygens (including phenoxy) is 3. The molecule has 2 fully saturated rings. The number of rotatable bonds is 12. The summed E-state index contributed by atoms with van der Waals surface area (Å²) < 4.78 is 17.6. The quantitative estimate of drug-likeness (QED) is 0.384. The highest BCUT2D eigenvalue weighted by Crippen LogP contribution is 2.50. The Labute approximate surface area is 220 Å². The van der Waals surface area contributed by atoms with Crippen LogP contribution in [0.2, 0.25) is 0 Å². The smallest absolute Gasteiger partial charge is 0.318 e. The van der Waals surface area contributed by atoms with Crippen molar-refractivity contribution in [1.82, 2.24) is 10.2 Å². The third-order valence-electron chi connectivity index (χ3n) is 7.96. The zero-order valence-corrected chi connectivity index (χ0v) is 22.7. The number of methoxy groups -OCH3 is 2. The second-order valence-electron chi connectivity index (χ2n) is 10.3. The highest BCUT2D eigenvalue weighted by Gasteiger charge is 2.44. The molecule has 0 aliphatic heterocycles. The van der Waals surface area contributed by atoms with Gasteiger partial charge in [0.2, 0.25) is 0 Å². The molecule has 0 saturated heterocycles. The maximum Gasteiger partial charge on any atom is 0.318 e. The minimum absolute atomic E-state index is 0.00535. The van der Waals surface area contributed by atoms with Gasteiger partial charge in [0, 0.05) is 12.1 Å². The summed E-state index contributed by atoms with van der Waals surface area (Å²) in [5.41, 5.74) is 2.33. The second kappa shape index (κ2) is 11.5. The van der Waals surface area contributed by atoms with Gasteiger partial charge < -0.3 is 24.4 Å². The molecule has 0 spiro atoms. The molecular formula is C30H40N2O5. The van der Waals surface area contributed by atoms with Gasteiger partial charge in [-0.2, -0.15) is 0 Å². The molecule has 0 heterocycles. The van der Waals surface area contributed by atoms with E-state index in [0.717, 1.165) is 47.5 Å². The molecule has 0 radical (unpaired) electrons. The van der Waals surface area contributed by atoms with Crippen LogP contribution in [0, 0.1) is 0 Å². The van der Waals surface area contributed by atoms with E-state index in [-0.39, 0.29) is 24.0 Å². The average Bonchev–Trinajstić information content (AvgIpc) is 3.72. The predicted molar refractivity (Wildman–Crippen MR) is 143 cm³/mol. The Morgan fingerprint density at radius 2 is 1.65 bits per heavy atom. The summed E-state index contributed by atoms with van der Waals surface area (Å²) in [6, 6.07) is 13.5.